The Morgan fingerprint density at radius 3 is 2.33 bits per heavy atom. The van der Waals surface area contributed by atoms with Gasteiger partial charge in [-0.05, 0) is 67.6 Å². The van der Waals surface area contributed by atoms with E-state index < -0.39 is 0 Å². The maximum Gasteiger partial charge on any atom is 0.0408 e. The van der Waals surface area contributed by atoms with E-state index in [2.05, 4.69) is 56.4 Å². The Kier molecular flexibility index (Phi) is 5.84. The highest BCUT2D eigenvalue weighted by atomic mass is 35.5. The largest absolute Gasteiger partial charge is 0.310 e. The summed E-state index contributed by atoms with van der Waals surface area (Å²) in [5, 5.41) is 4.50. The van der Waals surface area contributed by atoms with Crippen molar-refractivity contribution in [1.29, 1.82) is 0 Å². The highest BCUT2D eigenvalue weighted by Crippen LogP contribution is 2.26. The molecule has 0 aliphatic rings. The molecule has 2 rings (SSSR count). The number of hydrogen-bond acceptors (Lipinski definition) is 1. The van der Waals surface area contributed by atoms with Gasteiger partial charge in [-0.3, -0.25) is 0 Å². The highest BCUT2D eigenvalue weighted by Gasteiger charge is 2.16. The van der Waals surface area contributed by atoms with Gasteiger partial charge in [0.05, 0.1) is 0 Å². The van der Waals surface area contributed by atoms with Gasteiger partial charge in [-0.15, -0.1) is 0 Å². The minimum Gasteiger partial charge on any atom is -0.310 e. The molecule has 1 unspecified atom stereocenters. The molecule has 1 nitrogen and oxygen atoms in total. The minimum atomic E-state index is 0.338. The van der Waals surface area contributed by atoms with Crippen LogP contribution in [-0.4, -0.2) is 6.54 Å². The van der Waals surface area contributed by atoms with E-state index in [1.165, 1.54) is 22.3 Å². The van der Waals surface area contributed by atoms with Gasteiger partial charge in [0.1, 0.15) is 0 Å². The molecule has 0 radical (unpaired) electrons. The van der Waals surface area contributed by atoms with Crippen LogP contribution in [-0.2, 0) is 6.42 Å². The van der Waals surface area contributed by atoms with Crippen LogP contribution in [0.25, 0.3) is 0 Å². The molecule has 112 valence electrons. The third-order valence-corrected chi connectivity index (χ3v) is 4.10. The predicted octanol–water partition coefficient (Wildman–Crippen LogP) is 5.24. The lowest BCUT2D eigenvalue weighted by Crippen LogP contribution is -2.25. The monoisotopic (exact) mass is 301 g/mol. The van der Waals surface area contributed by atoms with Crippen LogP contribution >= 0.6 is 11.6 Å². The van der Waals surface area contributed by atoms with Gasteiger partial charge in [-0.2, -0.15) is 0 Å². The summed E-state index contributed by atoms with van der Waals surface area (Å²) in [6, 6.07) is 15.0. The van der Waals surface area contributed by atoms with Crippen LogP contribution in [0.2, 0.25) is 5.02 Å². The second-order valence-electron chi connectivity index (χ2n) is 5.65. The van der Waals surface area contributed by atoms with E-state index in [1.807, 2.05) is 12.1 Å². The molecule has 0 saturated carbocycles. The second kappa shape index (κ2) is 7.63. The molecule has 0 spiro atoms. The van der Waals surface area contributed by atoms with Gasteiger partial charge in [0.15, 0.2) is 0 Å². The lowest BCUT2D eigenvalue weighted by atomic mass is 9.91. The highest BCUT2D eigenvalue weighted by molar-refractivity contribution is 6.30. The maximum atomic E-state index is 6.12. The number of nitrogens with one attached hydrogen (secondary N) is 1. The number of rotatable bonds is 6. The van der Waals surface area contributed by atoms with Crippen molar-refractivity contribution in [3.63, 3.8) is 0 Å². The molecule has 0 heterocycles. The van der Waals surface area contributed by atoms with Crippen LogP contribution in [0.3, 0.4) is 0 Å². The lowest BCUT2D eigenvalue weighted by molar-refractivity contribution is 0.525. The van der Waals surface area contributed by atoms with Crippen LogP contribution in [0.15, 0.2) is 42.5 Å². The van der Waals surface area contributed by atoms with Crippen molar-refractivity contribution >= 4 is 11.6 Å². The SMILES string of the molecule is CCCNC(Cc1cccc(Cl)c1)c1c(C)cccc1C. The Morgan fingerprint density at radius 1 is 1.05 bits per heavy atom. The molecular formula is C19H24ClN. The molecular weight excluding hydrogens is 278 g/mol. The third-order valence-electron chi connectivity index (χ3n) is 3.86. The van der Waals surface area contributed by atoms with Crippen molar-refractivity contribution in [2.45, 2.75) is 39.7 Å². The summed E-state index contributed by atoms with van der Waals surface area (Å²) >= 11 is 6.12. The first-order valence-corrected chi connectivity index (χ1v) is 8.03. The predicted molar refractivity (Wildman–Crippen MR) is 92.1 cm³/mol. The Labute approximate surface area is 133 Å². The second-order valence-corrected chi connectivity index (χ2v) is 6.08. The summed E-state index contributed by atoms with van der Waals surface area (Å²) < 4.78 is 0. The first-order valence-electron chi connectivity index (χ1n) is 7.65. The van der Waals surface area contributed by atoms with E-state index in [0.29, 0.717) is 6.04 Å². The Balaban J connectivity index is 2.30. The van der Waals surface area contributed by atoms with Crippen LogP contribution in [0, 0.1) is 13.8 Å². The molecule has 2 aromatic rings. The van der Waals surface area contributed by atoms with E-state index >= 15 is 0 Å². The Hall–Kier alpha value is -1.31. The van der Waals surface area contributed by atoms with Gasteiger partial charge < -0.3 is 5.32 Å². The zero-order chi connectivity index (χ0) is 15.2. The lowest BCUT2D eigenvalue weighted by Gasteiger charge is -2.23. The Bertz CT molecular complexity index is 572. The van der Waals surface area contributed by atoms with E-state index in [0.717, 1.165) is 24.4 Å². The van der Waals surface area contributed by atoms with Gasteiger partial charge in [-0.1, -0.05) is 48.9 Å². The molecule has 0 amide bonds. The average Bonchev–Trinajstić information content (AvgIpc) is 2.44. The molecule has 2 aromatic carbocycles. The summed E-state index contributed by atoms with van der Waals surface area (Å²) in [6.07, 6.45) is 2.10. The van der Waals surface area contributed by atoms with Gasteiger partial charge >= 0.3 is 0 Å². The van der Waals surface area contributed by atoms with Crippen LogP contribution in [0.4, 0.5) is 0 Å². The fraction of sp³-hybridized carbons (Fsp3) is 0.368. The van der Waals surface area contributed by atoms with E-state index in [4.69, 9.17) is 11.6 Å². The molecule has 0 aliphatic heterocycles. The topological polar surface area (TPSA) is 12.0 Å². The summed E-state index contributed by atoms with van der Waals surface area (Å²) in [4.78, 5) is 0. The molecule has 21 heavy (non-hydrogen) atoms. The quantitative estimate of drug-likeness (QED) is 0.769. The van der Waals surface area contributed by atoms with Crippen molar-refractivity contribution in [1.82, 2.24) is 5.32 Å². The number of benzene rings is 2. The third kappa shape index (κ3) is 4.33. The van der Waals surface area contributed by atoms with E-state index in [1.54, 1.807) is 0 Å². The number of halogens is 1. The van der Waals surface area contributed by atoms with Crippen molar-refractivity contribution in [2.75, 3.05) is 6.54 Å². The normalized spacial score (nSPS) is 12.4. The zero-order valence-electron chi connectivity index (χ0n) is 13.1. The zero-order valence-corrected chi connectivity index (χ0v) is 13.9. The van der Waals surface area contributed by atoms with Crippen molar-refractivity contribution in [3.05, 3.63) is 69.7 Å². The molecule has 0 aromatic heterocycles. The number of hydrogen-bond donors (Lipinski definition) is 1. The molecule has 1 atom stereocenters. The van der Waals surface area contributed by atoms with Crippen LogP contribution < -0.4 is 5.32 Å². The van der Waals surface area contributed by atoms with E-state index in [9.17, 15) is 0 Å². The Morgan fingerprint density at radius 2 is 1.71 bits per heavy atom. The molecule has 0 saturated heterocycles. The molecule has 1 N–H and O–H groups in total. The maximum absolute atomic E-state index is 6.12. The standard InChI is InChI=1S/C19H24ClN/c1-4-11-21-18(13-16-9-6-10-17(20)12-16)19-14(2)7-5-8-15(19)3/h5-10,12,18,21H,4,11,13H2,1-3H3. The molecule has 0 aliphatic carbocycles. The summed E-state index contributed by atoms with van der Waals surface area (Å²) in [6.45, 7) is 7.62. The average molecular weight is 302 g/mol. The van der Waals surface area contributed by atoms with Crippen molar-refractivity contribution in [3.8, 4) is 0 Å². The summed E-state index contributed by atoms with van der Waals surface area (Å²) in [5.74, 6) is 0. The van der Waals surface area contributed by atoms with Crippen molar-refractivity contribution < 1.29 is 0 Å². The summed E-state index contributed by atoms with van der Waals surface area (Å²) in [7, 11) is 0. The summed E-state index contributed by atoms with van der Waals surface area (Å²) in [5.41, 5.74) is 5.40. The minimum absolute atomic E-state index is 0.338. The fourth-order valence-electron chi connectivity index (χ4n) is 2.87. The molecule has 0 bridgehead atoms. The first-order chi connectivity index (χ1) is 10.1. The first kappa shape index (κ1) is 16.1. The molecule has 2 heteroatoms. The van der Waals surface area contributed by atoms with Crippen molar-refractivity contribution in [2.24, 2.45) is 0 Å². The van der Waals surface area contributed by atoms with Crippen LogP contribution in [0.5, 0.6) is 0 Å². The number of aryl methyl sites for hydroxylation is 2. The fourth-order valence-corrected chi connectivity index (χ4v) is 3.08. The smallest absolute Gasteiger partial charge is 0.0408 e. The van der Waals surface area contributed by atoms with Gasteiger partial charge in [-0.25, -0.2) is 0 Å². The van der Waals surface area contributed by atoms with Crippen LogP contribution in [0.1, 0.15) is 41.6 Å². The van der Waals surface area contributed by atoms with E-state index in [-0.39, 0.29) is 0 Å². The van der Waals surface area contributed by atoms with Gasteiger partial charge in [0.25, 0.3) is 0 Å². The molecule has 0 fully saturated rings. The van der Waals surface area contributed by atoms with Gasteiger partial charge in [0, 0.05) is 11.1 Å². The van der Waals surface area contributed by atoms with Gasteiger partial charge in [0.2, 0.25) is 0 Å².